The van der Waals surface area contributed by atoms with Gasteiger partial charge in [0.05, 0.1) is 5.69 Å². The Labute approximate surface area is 172 Å². The quantitative estimate of drug-likeness (QED) is 0.660. The van der Waals surface area contributed by atoms with Crippen LogP contribution in [0.3, 0.4) is 0 Å². The predicted molar refractivity (Wildman–Crippen MR) is 107 cm³/mol. The van der Waals surface area contributed by atoms with Gasteiger partial charge >= 0.3 is 0 Å². The summed E-state index contributed by atoms with van der Waals surface area (Å²) < 4.78 is 65.2. The first-order valence-electron chi connectivity index (χ1n) is 8.56. The summed E-state index contributed by atoms with van der Waals surface area (Å²) >= 11 is 0. The number of aromatic nitrogens is 1. The first-order chi connectivity index (χ1) is 14.1. The number of amides is 1. The number of carbonyl (C=O) groups is 1. The third-order valence-corrected chi connectivity index (χ3v) is 8.80. The molecule has 0 saturated carbocycles. The summed E-state index contributed by atoms with van der Waals surface area (Å²) in [4.78, 5) is 15.5. The summed E-state index contributed by atoms with van der Waals surface area (Å²) in [6.45, 7) is 1.61. The fraction of sp³-hybridized carbons (Fsp3) is 0.0526. The molecule has 0 saturated heterocycles. The molecule has 0 bridgehead atoms. The van der Waals surface area contributed by atoms with Crippen molar-refractivity contribution >= 4 is 37.3 Å². The maximum atomic E-state index is 13.8. The predicted octanol–water partition coefficient (Wildman–Crippen LogP) is 2.68. The number of aryl methyl sites for hydroxylation is 1. The van der Waals surface area contributed by atoms with Gasteiger partial charge in [-0.2, -0.15) is 20.5 Å². The van der Waals surface area contributed by atoms with Crippen LogP contribution in [0.4, 0.5) is 15.8 Å². The number of halogens is 1. The first-order valence-corrected chi connectivity index (χ1v) is 11.4. The largest absolute Gasteiger partial charge is 0.321 e. The molecule has 0 atom stereocenters. The van der Waals surface area contributed by atoms with Crippen molar-refractivity contribution in [2.24, 2.45) is 0 Å². The number of fused-ring (bicyclic) bond motifs is 1. The van der Waals surface area contributed by atoms with Crippen molar-refractivity contribution in [1.82, 2.24) is 4.98 Å². The van der Waals surface area contributed by atoms with Gasteiger partial charge in [-0.15, -0.1) is 0 Å². The van der Waals surface area contributed by atoms with Crippen LogP contribution in [-0.2, 0) is 20.0 Å². The second-order valence-corrected chi connectivity index (χ2v) is 10.2. The fourth-order valence-electron chi connectivity index (χ4n) is 3.02. The van der Waals surface area contributed by atoms with Crippen LogP contribution in [0.5, 0.6) is 0 Å². The summed E-state index contributed by atoms with van der Waals surface area (Å²) in [5, 5.41) is 2.44. The van der Waals surface area contributed by atoms with Gasteiger partial charge in [-0.1, -0.05) is 12.1 Å². The maximum absolute atomic E-state index is 13.8. The molecule has 1 N–H and O–H groups in total. The number of sulfonamides is 2. The minimum absolute atomic E-state index is 0.121. The van der Waals surface area contributed by atoms with Crippen molar-refractivity contribution in [1.29, 1.82) is 0 Å². The topological polar surface area (TPSA) is 114 Å². The fourth-order valence-corrected chi connectivity index (χ4v) is 7.47. The van der Waals surface area contributed by atoms with Gasteiger partial charge in [0.25, 0.3) is 26.0 Å². The number of nitrogens with one attached hydrogen (secondary N) is 1. The third kappa shape index (κ3) is 3.12. The van der Waals surface area contributed by atoms with Crippen LogP contribution in [0.25, 0.3) is 0 Å². The summed E-state index contributed by atoms with van der Waals surface area (Å²) in [7, 11) is -8.60. The number of benzene rings is 2. The van der Waals surface area contributed by atoms with Crippen LogP contribution in [-0.4, -0.2) is 27.7 Å². The molecule has 0 aliphatic carbocycles. The molecule has 4 rings (SSSR count). The van der Waals surface area contributed by atoms with E-state index in [1.54, 1.807) is 6.92 Å². The van der Waals surface area contributed by atoms with E-state index in [0.717, 1.165) is 6.07 Å². The van der Waals surface area contributed by atoms with E-state index in [9.17, 15) is 26.0 Å². The van der Waals surface area contributed by atoms with E-state index in [0.29, 0.717) is 9.40 Å². The Hall–Kier alpha value is -3.31. The molecule has 1 amide bonds. The molecule has 11 heteroatoms. The SMILES string of the molecule is Cc1ccc(F)c(C(=O)Nc2ccc(N3S(=O)(=O)c4ccccc4S3(=O)=O)cc2)n1. The lowest BCUT2D eigenvalue weighted by molar-refractivity contribution is 0.101. The first kappa shape index (κ1) is 20.0. The third-order valence-electron chi connectivity index (χ3n) is 4.38. The number of pyridine rings is 1. The monoisotopic (exact) mass is 447 g/mol. The van der Waals surface area contributed by atoms with Crippen LogP contribution in [0.15, 0.2) is 70.5 Å². The second kappa shape index (κ2) is 6.89. The van der Waals surface area contributed by atoms with Crippen molar-refractivity contribution in [3.63, 3.8) is 0 Å². The summed E-state index contributed by atoms with van der Waals surface area (Å²) in [6, 6.07) is 13.0. The molecular formula is C19H14FN3O5S2. The molecule has 1 aliphatic rings. The Kier molecular flexibility index (Phi) is 4.59. The van der Waals surface area contributed by atoms with E-state index in [-0.39, 0.29) is 26.9 Å². The Morgan fingerprint density at radius 3 is 2.03 bits per heavy atom. The summed E-state index contributed by atoms with van der Waals surface area (Å²) in [6.07, 6.45) is 0. The van der Waals surface area contributed by atoms with Crippen molar-refractivity contribution in [3.05, 3.63) is 77.9 Å². The minimum atomic E-state index is -4.30. The maximum Gasteiger partial charge on any atom is 0.279 e. The average Bonchev–Trinajstić information content (AvgIpc) is 2.86. The zero-order valence-electron chi connectivity index (χ0n) is 15.4. The zero-order chi connectivity index (χ0) is 21.7. The Morgan fingerprint density at radius 2 is 1.47 bits per heavy atom. The number of hydrogen-bond acceptors (Lipinski definition) is 6. The normalized spacial score (nSPS) is 16.1. The highest BCUT2D eigenvalue weighted by Crippen LogP contribution is 2.40. The molecule has 2 aromatic carbocycles. The Morgan fingerprint density at radius 1 is 0.900 bits per heavy atom. The molecule has 3 aromatic rings. The highest BCUT2D eigenvalue weighted by atomic mass is 32.3. The number of nitrogens with zero attached hydrogens (tertiary/aromatic N) is 2. The van der Waals surface area contributed by atoms with Crippen LogP contribution < -0.4 is 9.03 Å². The number of rotatable bonds is 3. The number of anilines is 2. The van der Waals surface area contributed by atoms with E-state index in [4.69, 9.17) is 0 Å². The van der Waals surface area contributed by atoms with Gasteiger partial charge in [-0.05, 0) is 55.5 Å². The van der Waals surface area contributed by atoms with Gasteiger partial charge in [0, 0.05) is 11.4 Å². The van der Waals surface area contributed by atoms with Gasteiger partial charge < -0.3 is 5.32 Å². The lowest BCUT2D eigenvalue weighted by Crippen LogP contribution is -2.30. The molecule has 0 fully saturated rings. The Bertz CT molecular complexity index is 1330. The molecule has 2 heterocycles. The van der Waals surface area contributed by atoms with Crippen LogP contribution in [0, 0.1) is 12.7 Å². The average molecular weight is 447 g/mol. The van der Waals surface area contributed by atoms with Crippen LogP contribution in [0.1, 0.15) is 16.2 Å². The smallest absolute Gasteiger partial charge is 0.279 e. The van der Waals surface area contributed by atoms with Crippen LogP contribution in [0.2, 0.25) is 0 Å². The molecule has 0 unspecified atom stereocenters. The van der Waals surface area contributed by atoms with Crippen molar-refractivity contribution in [3.8, 4) is 0 Å². The van der Waals surface area contributed by atoms with E-state index in [1.807, 2.05) is 0 Å². The lowest BCUT2D eigenvalue weighted by Gasteiger charge is -2.16. The van der Waals surface area contributed by atoms with E-state index < -0.39 is 31.8 Å². The molecule has 154 valence electrons. The van der Waals surface area contributed by atoms with E-state index in [2.05, 4.69) is 10.3 Å². The van der Waals surface area contributed by atoms with Crippen LogP contribution >= 0.6 is 0 Å². The van der Waals surface area contributed by atoms with E-state index >= 15 is 0 Å². The van der Waals surface area contributed by atoms with Crippen molar-refractivity contribution in [2.75, 3.05) is 9.03 Å². The van der Waals surface area contributed by atoms with Gasteiger partial charge in [0.15, 0.2) is 11.5 Å². The number of hydrogen-bond donors (Lipinski definition) is 1. The summed E-state index contributed by atoms with van der Waals surface area (Å²) in [5.74, 6) is -1.58. The highest BCUT2D eigenvalue weighted by Gasteiger charge is 2.47. The Balaban J connectivity index is 1.65. The molecule has 1 aliphatic heterocycles. The molecule has 30 heavy (non-hydrogen) atoms. The van der Waals surface area contributed by atoms with Gasteiger partial charge in [0.1, 0.15) is 9.79 Å². The van der Waals surface area contributed by atoms with Gasteiger partial charge in [0.2, 0.25) is 0 Å². The second-order valence-electron chi connectivity index (χ2n) is 6.44. The lowest BCUT2D eigenvalue weighted by atomic mass is 10.2. The van der Waals surface area contributed by atoms with Gasteiger partial charge in [-0.25, -0.2) is 9.37 Å². The minimum Gasteiger partial charge on any atom is -0.321 e. The zero-order valence-corrected chi connectivity index (χ0v) is 17.0. The molecule has 0 spiro atoms. The highest BCUT2D eigenvalue weighted by molar-refractivity contribution is 8.12. The standard InChI is InChI=1S/C19H14FN3O5S2/c1-12-6-11-15(20)18(21-12)19(24)22-13-7-9-14(10-8-13)23-29(25,26)16-4-2-3-5-17(16)30(23,27)28/h2-11H,1H3,(H,22,24). The molecule has 1 aromatic heterocycles. The summed E-state index contributed by atoms with van der Waals surface area (Å²) in [5.41, 5.74) is 0.155. The number of carbonyl (C=O) groups excluding carboxylic acids is 1. The molecular weight excluding hydrogens is 433 g/mol. The molecule has 0 radical (unpaired) electrons. The van der Waals surface area contributed by atoms with Gasteiger partial charge in [-0.3, -0.25) is 4.79 Å². The van der Waals surface area contributed by atoms with Crippen molar-refractivity contribution < 1.29 is 26.0 Å². The molecule has 8 nitrogen and oxygen atoms in total. The van der Waals surface area contributed by atoms with E-state index in [1.165, 1.54) is 54.6 Å². The van der Waals surface area contributed by atoms with Crippen molar-refractivity contribution in [2.45, 2.75) is 16.7 Å².